The number of para-hydroxylation sites is 1. The molecule has 0 spiro atoms. The quantitative estimate of drug-likeness (QED) is 0.214. The number of rotatable bonds is 5. The summed E-state index contributed by atoms with van der Waals surface area (Å²) in [6, 6.07) is 36.1. The largest absolute Gasteiger partial charge is 0.507 e. The highest BCUT2D eigenvalue weighted by Gasteiger charge is 2.24. The lowest BCUT2D eigenvalue weighted by Gasteiger charge is -2.21. The summed E-state index contributed by atoms with van der Waals surface area (Å²) < 4.78 is 2.03. The number of aromatic hydroxyl groups is 1. The second-order valence-corrected chi connectivity index (χ2v) is 12.9. The van der Waals surface area contributed by atoms with Crippen molar-refractivity contribution in [1.82, 2.24) is 19.5 Å². The number of hydrogen-bond donors (Lipinski definition) is 1. The molecule has 0 aliphatic rings. The molecular weight excluding hydrogens is 564 g/mol. The Morgan fingerprint density at radius 3 is 2.07 bits per heavy atom. The molecule has 4 aromatic carbocycles. The van der Waals surface area contributed by atoms with E-state index in [9.17, 15) is 5.11 Å². The van der Waals surface area contributed by atoms with E-state index in [1.54, 1.807) is 12.4 Å². The van der Waals surface area contributed by atoms with Gasteiger partial charge in [0.2, 0.25) is 0 Å². The van der Waals surface area contributed by atoms with Crippen molar-refractivity contribution in [2.24, 2.45) is 7.05 Å². The molecule has 0 saturated carbocycles. The first kappa shape index (κ1) is 29.2. The fourth-order valence-electron chi connectivity index (χ4n) is 6.17. The van der Waals surface area contributed by atoms with E-state index >= 15 is 0 Å². The number of pyridine rings is 2. The third-order valence-corrected chi connectivity index (χ3v) is 8.75. The van der Waals surface area contributed by atoms with Gasteiger partial charge < -0.3 is 9.67 Å². The number of aromatic nitrogens is 4. The van der Waals surface area contributed by atoms with Gasteiger partial charge in [-0.3, -0.25) is 9.97 Å². The van der Waals surface area contributed by atoms with Crippen molar-refractivity contribution < 1.29 is 5.11 Å². The van der Waals surface area contributed by atoms with E-state index in [0.29, 0.717) is 11.4 Å². The van der Waals surface area contributed by atoms with Crippen LogP contribution in [0.1, 0.15) is 31.9 Å². The van der Waals surface area contributed by atoms with Gasteiger partial charge in [0, 0.05) is 42.3 Å². The molecule has 0 atom stereocenters. The lowest BCUT2D eigenvalue weighted by atomic mass is 9.86. The van der Waals surface area contributed by atoms with Gasteiger partial charge in [0.1, 0.15) is 11.6 Å². The lowest BCUT2D eigenvalue weighted by Crippen LogP contribution is -2.12. The van der Waals surface area contributed by atoms with Crippen LogP contribution in [0, 0.1) is 6.92 Å². The van der Waals surface area contributed by atoms with Crippen LogP contribution < -0.4 is 0 Å². The molecular formula is C41H36N4O. The van der Waals surface area contributed by atoms with Crippen LogP contribution >= 0.6 is 0 Å². The Kier molecular flexibility index (Phi) is 7.25. The Labute approximate surface area is 269 Å². The van der Waals surface area contributed by atoms with Crippen LogP contribution in [-0.4, -0.2) is 24.6 Å². The zero-order valence-corrected chi connectivity index (χ0v) is 26.8. The number of hydrogen-bond acceptors (Lipinski definition) is 4. The third kappa shape index (κ3) is 5.24. The van der Waals surface area contributed by atoms with Crippen LogP contribution in [0.2, 0.25) is 0 Å². The minimum atomic E-state index is -0.251. The van der Waals surface area contributed by atoms with Gasteiger partial charge in [0.25, 0.3) is 0 Å². The van der Waals surface area contributed by atoms with Crippen molar-refractivity contribution in [3.8, 4) is 61.8 Å². The number of imidazole rings is 1. The van der Waals surface area contributed by atoms with Gasteiger partial charge in [-0.1, -0.05) is 106 Å². The molecule has 0 unspecified atom stereocenters. The van der Waals surface area contributed by atoms with Crippen molar-refractivity contribution in [2.75, 3.05) is 0 Å². The summed E-state index contributed by atoms with van der Waals surface area (Å²) in [6.45, 7) is 8.32. The Morgan fingerprint density at radius 2 is 1.30 bits per heavy atom. The van der Waals surface area contributed by atoms with Crippen LogP contribution in [0.5, 0.6) is 5.75 Å². The molecule has 226 valence electrons. The summed E-state index contributed by atoms with van der Waals surface area (Å²) in [7, 11) is 1.98. The first-order valence-electron chi connectivity index (χ1n) is 15.6. The predicted molar refractivity (Wildman–Crippen MR) is 189 cm³/mol. The highest BCUT2D eigenvalue weighted by Crippen LogP contribution is 2.40. The van der Waals surface area contributed by atoms with Crippen molar-refractivity contribution in [1.29, 1.82) is 0 Å². The maximum Gasteiger partial charge on any atom is 0.146 e. The molecule has 0 radical (unpaired) electrons. The van der Waals surface area contributed by atoms with Crippen molar-refractivity contribution in [3.63, 3.8) is 0 Å². The maximum absolute atomic E-state index is 11.3. The van der Waals surface area contributed by atoms with Gasteiger partial charge in [-0.15, -0.1) is 0 Å². The molecule has 7 rings (SSSR count). The van der Waals surface area contributed by atoms with E-state index in [2.05, 4.69) is 130 Å². The van der Waals surface area contributed by atoms with E-state index in [-0.39, 0.29) is 11.2 Å². The van der Waals surface area contributed by atoms with Crippen LogP contribution in [0.3, 0.4) is 0 Å². The Balaban J connectivity index is 1.27. The first-order valence-corrected chi connectivity index (χ1v) is 15.6. The summed E-state index contributed by atoms with van der Waals surface area (Å²) in [5.41, 5.74) is 12.9. The molecule has 0 saturated heterocycles. The van der Waals surface area contributed by atoms with E-state index in [0.717, 1.165) is 55.7 Å². The number of benzene rings is 4. The smallest absolute Gasteiger partial charge is 0.146 e. The first-order chi connectivity index (χ1) is 22.2. The van der Waals surface area contributed by atoms with E-state index in [4.69, 9.17) is 9.97 Å². The fourth-order valence-corrected chi connectivity index (χ4v) is 6.17. The van der Waals surface area contributed by atoms with Crippen LogP contribution in [0.25, 0.3) is 67.1 Å². The Bertz CT molecular complexity index is 2210. The van der Waals surface area contributed by atoms with Crippen molar-refractivity contribution >= 4 is 11.0 Å². The average Bonchev–Trinajstić information content (AvgIpc) is 3.41. The summed E-state index contributed by atoms with van der Waals surface area (Å²) in [4.78, 5) is 14.4. The predicted octanol–water partition coefficient (Wildman–Crippen LogP) is 10.0. The molecule has 0 bridgehead atoms. The monoisotopic (exact) mass is 600 g/mol. The lowest BCUT2D eigenvalue weighted by molar-refractivity contribution is 0.446. The van der Waals surface area contributed by atoms with Gasteiger partial charge in [-0.05, 0) is 63.9 Å². The molecule has 3 heterocycles. The minimum Gasteiger partial charge on any atom is -0.507 e. The van der Waals surface area contributed by atoms with Gasteiger partial charge in [-0.25, -0.2) is 4.98 Å². The van der Waals surface area contributed by atoms with E-state index in [1.165, 1.54) is 11.1 Å². The summed E-state index contributed by atoms with van der Waals surface area (Å²) in [5.74, 6) is 0.901. The molecule has 5 heteroatoms. The maximum atomic E-state index is 11.3. The SMILES string of the molecule is Cc1cnc(-c2cccc(-c3cccc4c3nc(-c3cncc(C(C)(C)C)c3O)n4C)c2)cc1-c1ccc(-c2ccccc2)cc1. The molecule has 5 nitrogen and oxygen atoms in total. The van der Waals surface area contributed by atoms with Gasteiger partial charge >= 0.3 is 0 Å². The molecule has 0 aliphatic carbocycles. The second-order valence-electron chi connectivity index (χ2n) is 12.9. The number of nitrogens with zero attached hydrogens (tertiary/aromatic N) is 4. The van der Waals surface area contributed by atoms with Crippen LogP contribution in [0.4, 0.5) is 0 Å². The molecule has 1 N–H and O–H groups in total. The second kappa shape index (κ2) is 11.4. The Hall–Kier alpha value is -5.55. The van der Waals surface area contributed by atoms with Crippen LogP contribution in [0.15, 0.2) is 122 Å². The highest BCUT2D eigenvalue weighted by molar-refractivity contribution is 5.95. The molecule has 0 fully saturated rings. The molecule has 0 amide bonds. The normalized spacial score (nSPS) is 11.7. The number of aryl methyl sites for hydroxylation is 2. The fraction of sp³-hybridized carbons (Fsp3) is 0.146. The van der Waals surface area contributed by atoms with Crippen molar-refractivity contribution in [2.45, 2.75) is 33.1 Å². The molecule has 3 aromatic heterocycles. The van der Waals surface area contributed by atoms with Gasteiger partial charge in [0.05, 0.1) is 22.3 Å². The minimum absolute atomic E-state index is 0.223. The van der Waals surface area contributed by atoms with Crippen molar-refractivity contribution in [3.05, 3.63) is 133 Å². The Morgan fingerprint density at radius 1 is 0.630 bits per heavy atom. The molecule has 7 aromatic rings. The van der Waals surface area contributed by atoms with E-state index < -0.39 is 0 Å². The van der Waals surface area contributed by atoms with Gasteiger partial charge in [0.15, 0.2) is 0 Å². The summed E-state index contributed by atoms with van der Waals surface area (Å²) in [6.07, 6.45) is 5.39. The van der Waals surface area contributed by atoms with Gasteiger partial charge in [-0.2, -0.15) is 0 Å². The zero-order chi connectivity index (χ0) is 32.0. The number of fused-ring (bicyclic) bond motifs is 1. The highest BCUT2D eigenvalue weighted by atomic mass is 16.3. The van der Waals surface area contributed by atoms with Crippen LogP contribution in [-0.2, 0) is 12.5 Å². The molecule has 46 heavy (non-hydrogen) atoms. The summed E-state index contributed by atoms with van der Waals surface area (Å²) >= 11 is 0. The summed E-state index contributed by atoms with van der Waals surface area (Å²) in [5, 5.41) is 11.3. The topological polar surface area (TPSA) is 63.8 Å². The van der Waals surface area contributed by atoms with E-state index in [1.807, 2.05) is 23.9 Å². The molecule has 0 aliphatic heterocycles. The average molecular weight is 601 g/mol. The standard InChI is InChI=1S/C41H36N4O/c1-26-23-43-36(22-33(26)29-19-17-28(18-20-29)27-11-7-6-8-12-27)31-14-9-13-30(21-31)32-15-10-16-37-38(32)44-40(45(37)5)34-24-42-25-35(39(34)46)41(2,3)4/h6-25H,1-5H3,(H,42,46). The third-order valence-electron chi connectivity index (χ3n) is 8.75. The zero-order valence-electron chi connectivity index (χ0n) is 26.8.